The highest BCUT2D eigenvalue weighted by molar-refractivity contribution is 5.98. The Morgan fingerprint density at radius 3 is 2.54 bits per heavy atom. The van der Waals surface area contributed by atoms with E-state index in [9.17, 15) is 32.3 Å². The number of piperidine rings is 1. The first-order valence-electron chi connectivity index (χ1n) is 14.0. The average molecular weight is 579 g/mol. The summed E-state index contributed by atoms with van der Waals surface area (Å²) in [5, 5.41) is 9.85. The Labute approximate surface area is 235 Å². The molecule has 1 aromatic heterocycles. The smallest absolute Gasteiger partial charge is 0.395 e. The van der Waals surface area contributed by atoms with Crippen molar-refractivity contribution >= 4 is 11.8 Å². The molecule has 1 aliphatic carbocycles. The molecule has 3 atom stereocenters. The third-order valence-corrected chi connectivity index (χ3v) is 8.71. The van der Waals surface area contributed by atoms with Crippen molar-refractivity contribution in [2.75, 3.05) is 26.2 Å². The van der Waals surface area contributed by atoms with Crippen molar-refractivity contribution in [2.24, 2.45) is 11.1 Å². The molecule has 8 nitrogen and oxygen atoms in total. The number of benzene rings is 1. The second-order valence-corrected chi connectivity index (χ2v) is 11.4. The van der Waals surface area contributed by atoms with Crippen molar-refractivity contribution in [2.45, 2.75) is 69.3 Å². The van der Waals surface area contributed by atoms with Crippen molar-refractivity contribution in [1.82, 2.24) is 14.8 Å². The van der Waals surface area contributed by atoms with Crippen LogP contribution in [0.2, 0.25) is 0 Å². The van der Waals surface area contributed by atoms with Crippen LogP contribution >= 0.6 is 0 Å². The Bertz CT molecular complexity index is 1270. The zero-order chi connectivity index (χ0) is 29.4. The number of pyridine rings is 1. The Kier molecular flexibility index (Phi) is 8.24. The molecule has 2 aromatic rings. The zero-order valence-electron chi connectivity index (χ0n) is 22.6. The number of aliphatic hydroxyl groups excluding tert-OH is 1. The summed E-state index contributed by atoms with van der Waals surface area (Å²) in [4.78, 5) is 31.9. The van der Waals surface area contributed by atoms with Gasteiger partial charge in [0.05, 0.1) is 29.0 Å². The summed E-state index contributed by atoms with van der Waals surface area (Å²) in [5.41, 5.74) is 4.32. The molecule has 12 heteroatoms. The first-order chi connectivity index (χ1) is 19.5. The van der Waals surface area contributed by atoms with Crippen molar-refractivity contribution in [3.05, 3.63) is 47.9 Å². The fourth-order valence-electron chi connectivity index (χ4n) is 6.12. The van der Waals surface area contributed by atoms with E-state index in [2.05, 4.69) is 4.98 Å². The quantitative estimate of drug-likeness (QED) is 0.460. The van der Waals surface area contributed by atoms with Crippen LogP contribution in [-0.4, -0.2) is 82.3 Å². The zero-order valence-corrected chi connectivity index (χ0v) is 22.6. The normalized spacial score (nSPS) is 24.6. The van der Waals surface area contributed by atoms with E-state index in [4.69, 9.17) is 10.5 Å². The number of ether oxygens (including phenoxy) is 1. The minimum atomic E-state index is -4.21. The molecule has 2 saturated heterocycles. The highest BCUT2D eigenvalue weighted by Gasteiger charge is 2.59. The molecule has 0 bridgehead atoms. The third kappa shape index (κ3) is 6.04. The monoisotopic (exact) mass is 578 g/mol. The molecule has 1 aromatic carbocycles. The van der Waals surface area contributed by atoms with Gasteiger partial charge in [-0.15, -0.1) is 0 Å². The maximum absolute atomic E-state index is 15.0. The van der Waals surface area contributed by atoms with Crippen LogP contribution in [0, 0.1) is 11.2 Å². The minimum absolute atomic E-state index is 0.00618. The number of amides is 2. The third-order valence-electron chi connectivity index (χ3n) is 8.71. The Morgan fingerprint density at radius 2 is 1.93 bits per heavy atom. The number of halogens is 4. The summed E-state index contributed by atoms with van der Waals surface area (Å²) in [5.74, 6) is -1.86. The van der Waals surface area contributed by atoms with Crippen LogP contribution in [0.25, 0.3) is 11.3 Å². The van der Waals surface area contributed by atoms with Crippen LogP contribution in [0.5, 0.6) is 5.75 Å². The number of hydrogen-bond acceptors (Lipinski definition) is 6. The molecule has 3 fully saturated rings. The number of rotatable bonds is 8. The van der Waals surface area contributed by atoms with Crippen molar-refractivity contribution in [1.29, 1.82) is 0 Å². The van der Waals surface area contributed by atoms with E-state index in [-0.39, 0.29) is 50.6 Å². The van der Waals surface area contributed by atoms with Gasteiger partial charge >= 0.3 is 6.18 Å². The Balaban J connectivity index is 1.21. The summed E-state index contributed by atoms with van der Waals surface area (Å²) >= 11 is 0. The van der Waals surface area contributed by atoms with Gasteiger partial charge < -0.3 is 20.5 Å². The topological polar surface area (TPSA) is 109 Å². The molecular formula is C29H34F4N4O4. The van der Waals surface area contributed by atoms with Gasteiger partial charge in [-0.2, -0.15) is 13.2 Å². The van der Waals surface area contributed by atoms with E-state index in [1.165, 1.54) is 24.4 Å². The number of alkyl halides is 3. The van der Waals surface area contributed by atoms with Gasteiger partial charge in [-0.25, -0.2) is 4.39 Å². The highest BCUT2D eigenvalue weighted by Crippen LogP contribution is 2.53. The molecule has 5 rings (SSSR count). The molecular weight excluding hydrogens is 544 g/mol. The molecule has 2 aliphatic heterocycles. The highest BCUT2D eigenvalue weighted by atomic mass is 19.4. The van der Waals surface area contributed by atoms with E-state index in [0.29, 0.717) is 30.0 Å². The molecule has 0 spiro atoms. The van der Waals surface area contributed by atoms with E-state index in [1.54, 1.807) is 12.1 Å². The van der Waals surface area contributed by atoms with E-state index < -0.39 is 41.4 Å². The van der Waals surface area contributed by atoms with E-state index >= 15 is 0 Å². The number of aliphatic hydroxyl groups is 1. The van der Waals surface area contributed by atoms with E-state index in [1.807, 2.05) is 4.90 Å². The molecule has 3 heterocycles. The largest absolute Gasteiger partial charge is 0.490 e. The fraction of sp³-hybridized carbons (Fsp3) is 0.552. The molecule has 3 aliphatic rings. The number of nitrogens with two attached hydrogens (primary N) is 1. The van der Waals surface area contributed by atoms with Crippen LogP contribution in [0.15, 0.2) is 36.5 Å². The second-order valence-electron chi connectivity index (χ2n) is 11.4. The predicted molar refractivity (Wildman–Crippen MR) is 141 cm³/mol. The number of aromatic nitrogens is 1. The van der Waals surface area contributed by atoms with Crippen molar-refractivity contribution < 1.29 is 37.0 Å². The van der Waals surface area contributed by atoms with Gasteiger partial charge in [-0.1, -0.05) is 18.9 Å². The standard InChI is InChI=1S/C29H34F4N4O4/c30-23-12-18(5-7-22(23)27(40)37-15-20(38)13-25(37)26(34)39)24-8-6-21(14-35-24)41-16-19-4-1-2-11-36(19)17-28(9-3-10-28)29(31,32)33/h5-8,12,14,19-20,25,38H,1-4,9-11,13,15-17H2,(H2,34,39)/t19?,20-,25+/m1/s1. The molecule has 41 heavy (non-hydrogen) atoms. The number of β-amino-alcohol motifs (C(OH)–C–C–N with tert-alkyl or cyclic N) is 1. The van der Waals surface area contributed by atoms with Crippen LogP contribution in [-0.2, 0) is 4.79 Å². The van der Waals surface area contributed by atoms with Gasteiger partial charge in [-0.05, 0) is 56.5 Å². The minimum Gasteiger partial charge on any atom is -0.490 e. The lowest BCUT2D eigenvalue weighted by atomic mass is 9.67. The maximum atomic E-state index is 15.0. The molecule has 1 saturated carbocycles. The number of hydrogen-bond donors (Lipinski definition) is 2. The van der Waals surface area contributed by atoms with Crippen LogP contribution < -0.4 is 10.5 Å². The summed E-state index contributed by atoms with van der Waals surface area (Å²) in [7, 11) is 0. The Morgan fingerprint density at radius 1 is 1.15 bits per heavy atom. The Hall–Kier alpha value is -3.25. The number of carbonyl (C=O) groups is 2. The lowest BCUT2D eigenvalue weighted by Gasteiger charge is -2.48. The number of carbonyl (C=O) groups excluding carboxylic acids is 2. The van der Waals surface area contributed by atoms with Gasteiger partial charge in [-0.3, -0.25) is 19.5 Å². The molecule has 0 radical (unpaired) electrons. The van der Waals surface area contributed by atoms with Crippen LogP contribution in [0.4, 0.5) is 17.6 Å². The molecule has 3 N–H and O–H groups in total. The van der Waals surface area contributed by atoms with Crippen molar-refractivity contribution in [3.63, 3.8) is 0 Å². The van der Waals surface area contributed by atoms with Gasteiger partial charge in [0.1, 0.15) is 24.2 Å². The summed E-state index contributed by atoms with van der Waals surface area (Å²) in [6.45, 7) is 0.762. The van der Waals surface area contributed by atoms with Crippen LogP contribution in [0.1, 0.15) is 55.3 Å². The maximum Gasteiger partial charge on any atom is 0.395 e. The van der Waals surface area contributed by atoms with Gasteiger partial charge in [0.15, 0.2) is 0 Å². The van der Waals surface area contributed by atoms with Gasteiger partial charge in [0, 0.05) is 31.1 Å². The summed E-state index contributed by atoms with van der Waals surface area (Å²) in [6.07, 6.45) is -0.106. The number of nitrogens with zero attached hydrogens (tertiary/aromatic N) is 3. The molecule has 1 unspecified atom stereocenters. The van der Waals surface area contributed by atoms with E-state index in [0.717, 1.165) is 24.2 Å². The first kappa shape index (κ1) is 29.2. The van der Waals surface area contributed by atoms with Crippen molar-refractivity contribution in [3.8, 4) is 17.0 Å². The average Bonchev–Trinajstić information content (AvgIpc) is 3.31. The number of likely N-dealkylation sites (tertiary alicyclic amines) is 2. The SMILES string of the molecule is NC(=O)[C@@H]1C[C@@H](O)CN1C(=O)c1ccc(-c2ccc(OCC3CCCCN3CC3(C(F)(F)F)CCC3)cn2)cc1F. The summed E-state index contributed by atoms with van der Waals surface area (Å²) < 4.78 is 62.1. The lowest BCUT2D eigenvalue weighted by Crippen LogP contribution is -2.56. The van der Waals surface area contributed by atoms with Gasteiger partial charge in [0.2, 0.25) is 5.91 Å². The van der Waals surface area contributed by atoms with Gasteiger partial charge in [0.25, 0.3) is 5.91 Å². The molecule has 222 valence electrons. The second kappa shape index (κ2) is 11.6. The summed E-state index contributed by atoms with van der Waals surface area (Å²) in [6, 6.07) is 6.18. The first-order valence-corrected chi connectivity index (χ1v) is 14.0. The lowest BCUT2D eigenvalue weighted by molar-refractivity contribution is -0.258. The molecule has 2 amide bonds. The fourth-order valence-corrected chi connectivity index (χ4v) is 6.12. The van der Waals surface area contributed by atoms with Crippen LogP contribution in [0.3, 0.4) is 0 Å². The predicted octanol–water partition coefficient (Wildman–Crippen LogP) is 3.91. The number of primary amides is 1.